The summed E-state index contributed by atoms with van der Waals surface area (Å²) >= 11 is 0. The summed E-state index contributed by atoms with van der Waals surface area (Å²) in [5.41, 5.74) is 5.80. The molecule has 1 fully saturated rings. The van der Waals surface area contributed by atoms with Gasteiger partial charge in [-0.1, -0.05) is 13.8 Å². The lowest BCUT2D eigenvalue weighted by molar-refractivity contribution is 0.187. The Bertz CT molecular complexity index is 172. The first-order valence-electron chi connectivity index (χ1n) is 5.05. The van der Waals surface area contributed by atoms with E-state index in [4.69, 9.17) is 10.5 Å². The maximum absolute atomic E-state index is 5.80. The molecule has 0 aromatic rings. The van der Waals surface area contributed by atoms with E-state index in [1.807, 2.05) is 0 Å². The van der Waals surface area contributed by atoms with Crippen LogP contribution >= 0.6 is 0 Å². The molecule has 0 aliphatic carbocycles. The molecule has 3 heteroatoms. The second kappa shape index (κ2) is 5.22. The summed E-state index contributed by atoms with van der Waals surface area (Å²) in [5, 5.41) is 0. The van der Waals surface area contributed by atoms with Crippen LogP contribution in [0.15, 0.2) is 4.99 Å². The van der Waals surface area contributed by atoms with Crippen molar-refractivity contribution in [3.8, 4) is 0 Å². The zero-order valence-corrected chi connectivity index (χ0v) is 8.62. The van der Waals surface area contributed by atoms with Gasteiger partial charge in [-0.3, -0.25) is 4.99 Å². The molecular weight excluding hydrogens is 164 g/mol. The lowest BCUT2D eigenvalue weighted by Gasteiger charge is -2.07. The summed E-state index contributed by atoms with van der Waals surface area (Å²) in [6.07, 6.45) is 2.05. The van der Waals surface area contributed by atoms with Crippen molar-refractivity contribution in [2.75, 3.05) is 19.8 Å². The first-order valence-corrected chi connectivity index (χ1v) is 5.05. The second-order valence-corrected chi connectivity index (χ2v) is 4.16. The lowest BCUT2D eigenvalue weighted by Crippen LogP contribution is -2.18. The standard InChI is InChI=1S/C10H20N2O/c1-8(2)6-12-10(11)5-9-3-4-13-7-9/h8-9H,3-7H2,1-2H3,(H2,11,12). The predicted octanol–water partition coefficient (Wildman–Crippen LogP) is 1.43. The minimum atomic E-state index is 0.596. The molecule has 0 amide bonds. The van der Waals surface area contributed by atoms with Gasteiger partial charge in [-0.05, 0) is 18.3 Å². The van der Waals surface area contributed by atoms with Crippen LogP contribution in [0.25, 0.3) is 0 Å². The summed E-state index contributed by atoms with van der Waals surface area (Å²) in [5.74, 6) is 2.00. The zero-order chi connectivity index (χ0) is 9.68. The summed E-state index contributed by atoms with van der Waals surface area (Å²) in [7, 11) is 0. The Hall–Kier alpha value is -0.570. The minimum Gasteiger partial charge on any atom is -0.387 e. The average molecular weight is 184 g/mol. The smallest absolute Gasteiger partial charge is 0.0940 e. The molecule has 0 aromatic carbocycles. The van der Waals surface area contributed by atoms with Crippen molar-refractivity contribution in [2.24, 2.45) is 22.6 Å². The van der Waals surface area contributed by atoms with Crippen molar-refractivity contribution in [3.05, 3.63) is 0 Å². The Morgan fingerprint density at radius 3 is 2.92 bits per heavy atom. The molecule has 0 bridgehead atoms. The monoisotopic (exact) mass is 184 g/mol. The third-order valence-corrected chi connectivity index (χ3v) is 2.18. The molecule has 1 aliphatic rings. The molecule has 1 atom stereocenters. The molecular formula is C10H20N2O. The van der Waals surface area contributed by atoms with E-state index in [2.05, 4.69) is 18.8 Å². The molecule has 0 saturated carbocycles. The van der Waals surface area contributed by atoms with E-state index < -0.39 is 0 Å². The molecule has 1 aliphatic heterocycles. The van der Waals surface area contributed by atoms with Crippen LogP contribution in [0, 0.1) is 11.8 Å². The maximum Gasteiger partial charge on any atom is 0.0940 e. The van der Waals surface area contributed by atoms with E-state index in [1.165, 1.54) is 0 Å². The Kier molecular flexibility index (Phi) is 4.22. The van der Waals surface area contributed by atoms with Gasteiger partial charge in [0.25, 0.3) is 0 Å². The van der Waals surface area contributed by atoms with Gasteiger partial charge in [0.05, 0.1) is 5.84 Å². The first-order chi connectivity index (χ1) is 6.18. The van der Waals surface area contributed by atoms with E-state index in [0.29, 0.717) is 11.8 Å². The van der Waals surface area contributed by atoms with Crippen LogP contribution in [0.5, 0.6) is 0 Å². The summed E-state index contributed by atoms with van der Waals surface area (Å²) in [4.78, 5) is 4.33. The van der Waals surface area contributed by atoms with Gasteiger partial charge in [-0.25, -0.2) is 0 Å². The number of ether oxygens (including phenoxy) is 1. The van der Waals surface area contributed by atoms with Crippen molar-refractivity contribution < 1.29 is 4.74 Å². The van der Waals surface area contributed by atoms with Gasteiger partial charge in [0.15, 0.2) is 0 Å². The van der Waals surface area contributed by atoms with E-state index in [9.17, 15) is 0 Å². The number of hydrogen-bond donors (Lipinski definition) is 1. The molecule has 1 rings (SSSR count). The number of aliphatic imine (C=N–C) groups is 1. The third-order valence-electron chi connectivity index (χ3n) is 2.18. The summed E-state index contributed by atoms with van der Waals surface area (Å²) in [6.45, 7) is 6.89. The predicted molar refractivity (Wildman–Crippen MR) is 54.9 cm³/mol. The topological polar surface area (TPSA) is 47.6 Å². The summed E-state index contributed by atoms with van der Waals surface area (Å²) < 4.78 is 5.27. The number of nitrogens with zero attached hydrogens (tertiary/aromatic N) is 1. The largest absolute Gasteiger partial charge is 0.387 e. The second-order valence-electron chi connectivity index (χ2n) is 4.16. The van der Waals surface area contributed by atoms with Crippen LogP contribution in [-0.4, -0.2) is 25.6 Å². The van der Waals surface area contributed by atoms with Gasteiger partial charge in [-0.2, -0.15) is 0 Å². The fraction of sp³-hybridized carbons (Fsp3) is 0.900. The van der Waals surface area contributed by atoms with Crippen LogP contribution in [0.1, 0.15) is 26.7 Å². The van der Waals surface area contributed by atoms with Crippen molar-refractivity contribution in [2.45, 2.75) is 26.7 Å². The minimum absolute atomic E-state index is 0.596. The maximum atomic E-state index is 5.80. The Morgan fingerprint density at radius 2 is 2.38 bits per heavy atom. The number of amidine groups is 1. The molecule has 0 radical (unpaired) electrons. The van der Waals surface area contributed by atoms with E-state index in [-0.39, 0.29) is 0 Å². The van der Waals surface area contributed by atoms with Crippen molar-refractivity contribution in [1.29, 1.82) is 0 Å². The lowest BCUT2D eigenvalue weighted by atomic mass is 10.0. The highest BCUT2D eigenvalue weighted by Crippen LogP contribution is 2.15. The van der Waals surface area contributed by atoms with Crippen LogP contribution in [0.4, 0.5) is 0 Å². The van der Waals surface area contributed by atoms with E-state index in [1.54, 1.807) is 0 Å². The van der Waals surface area contributed by atoms with Crippen LogP contribution in [0.2, 0.25) is 0 Å². The molecule has 1 unspecified atom stereocenters. The van der Waals surface area contributed by atoms with Gasteiger partial charge < -0.3 is 10.5 Å². The zero-order valence-electron chi connectivity index (χ0n) is 8.62. The number of hydrogen-bond acceptors (Lipinski definition) is 2. The van der Waals surface area contributed by atoms with Crippen molar-refractivity contribution in [1.82, 2.24) is 0 Å². The third kappa shape index (κ3) is 4.27. The molecule has 0 aromatic heterocycles. The quantitative estimate of drug-likeness (QED) is 0.530. The Morgan fingerprint density at radius 1 is 1.62 bits per heavy atom. The molecule has 2 N–H and O–H groups in total. The molecule has 13 heavy (non-hydrogen) atoms. The average Bonchev–Trinajstić information content (AvgIpc) is 2.53. The summed E-state index contributed by atoms with van der Waals surface area (Å²) in [6, 6.07) is 0. The molecule has 1 saturated heterocycles. The highest BCUT2D eigenvalue weighted by molar-refractivity contribution is 5.80. The normalized spacial score (nSPS) is 24.2. The highest BCUT2D eigenvalue weighted by atomic mass is 16.5. The molecule has 3 nitrogen and oxygen atoms in total. The van der Waals surface area contributed by atoms with Gasteiger partial charge >= 0.3 is 0 Å². The van der Waals surface area contributed by atoms with Gasteiger partial charge in [0, 0.05) is 26.2 Å². The van der Waals surface area contributed by atoms with E-state index in [0.717, 1.165) is 38.4 Å². The van der Waals surface area contributed by atoms with Crippen LogP contribution < -0.4 is 5.73 Å². The number of rotatable bonds is 4. The van der Waals surface area contributed by atoms with Gasteiger partial charge in [-0.15, -0.1) is 0 Å². The first kappa shape index (κ1) is 10.5. The fourth-order valence-electron chi connectivity index (χ4n) is 1.40. The van der Waals surface area contributed by atoms with Gasteiger partial charge in [0.1, 0.15) is 0 Å². The highest BCUT2D eigenvalue weighted by Gasteiger charge is 2.16. The molecule has 76 valence electrons. The van der Waals surface area contributed by atoms with Crippen molar-refractivity contribution in [3.63, 3.8) is 0 Å². The molecule has 1 heterocycles. The fourth-order valence-corrected chi connectivity index (χ4v) is 1.40. The van der Waals surface area contributed by atoms with E-state index >= 15 is 0 Å². The van der Waals surface area contributed by atoms with Crippen LogP contribution in [-0.2, 0) is 4.74 Å². The van der Waals surface area contributed by atoms with Crippen LogP contribution in [0.3, 0.4) is 0 Å². The van der Waals surface area contributed by atoms with Gasteiger partial charge in [0.2, 0.25) is 0 Å². The molecule has 0 spiro atoms. The van der Waals surface area contributed by atoms with Crippen molar-refractivity contribution >= 4 is 5.84 Å². The number of nitrogens with two attached hydrogens (primary N) is 1. The Labute approximate surface area is 80.4 Å². The SMILES string of the molecule is CC(C)CN=C(N)CC1CCOC1. The Balaban J connectivity index is 2.22.